The summed E-state index contributed by atoms with van der Waals surface area (Å²) in [4.78, 5) is 10.3. The van der Waals surface area contributed by atoms with Gasteiger partial charge in [-0.2, -0.15) is 0 Å². The Morgan fingerprint density at radius 2 is 2.00 bits per heavy atom. The molecule has 0 bridgehead atoms. The Kier molecular flexibility index (Phi) is 4.97. The Hall–Kier alpha value is 0.0700. The van der Waals surface area contributed by atoms with Crippen LogP contribution in [0.15, 0.2) is 11.8 Å². The number of halogens is 2. The number of carbonyl (C=O) groups excluding carboxylic acids is 1. The van der Waals surface area contributed by atoms with Crippen LogP contribution in [0.25, 0.3) is 0 Å². The smallest absolute Gasteiger partial charge is 0.875 e. The normalized spacial score (nSPS) is 17.4. The molecule has 0 N–H and O–H groups in total. The Morgan fingerprint density at radius 1 is 1.50 bits per heavy atom. The Labute approximate surface area is 90.9 Å². The first-order chi connectivity index (χ1) is 5.11. The summed E-state index contributed by atoms with van der Waals surface area (Å²) in [7, 11) is 0. The van der Waals surface area contributed by atoms with Crippen molar-refractivity contribution in [1.82, 2.24) is 0 Å². The molecule has 1 saturated carbocycles. The predicted octanol–water partition coefficient (Wildman–Crippen LogP) is -2.52. The molecule has 1 aliphatic rings. The van der Waals surface area contributed by atoms with E-state index in [1.165, 1.54) is 0 Å². The van der Waals surface area contributed by atoms with E-state index in [0.29, 0.717) is 6.08 Å². The van der Waals surface area contributed by atoms with Gasteiger partial charge in [0.25, 0.3) is 6.43 Å². The summed E-state index contributed by atoms with van der Waals surface area (Å²) in [5.74, 6) is -1.98. The fourth-order valence-electron chi connectivity index (χ4n) is 0.689. The second-order valence-corrected chi connectivity index (χ2v) is 2.52. The molecule has 1 fully saturated rings. The van der Waals surface area contributed by atoms with Crippen LogP contribution in [-0.2, 0) is 4.79 Å². The van der Waals surface area contributed by atoms with Crippen molar-refractivity contribution in [2.45, 2.75) is 19.3 Å². The molecular formula is C7H7F2NaO2. The first-order valence-electron chi connectivity index (χ1n) is 3.32. The van der Waals surface area contributed by atoms with Gasteiger partial charge in [-0.3, -0.25) is 4.79 Å². The molecule has 0 radical (unpaired) electrons. The van der Waals surface area contributed by atoms with Crippen LogP contribution in [0, 0.1) is 5.92 Å². The van der Waals surface area contributed by atoms with Gasteiger partial charge in [0.15, 0.2) is 0 Å². The second-order valence-electron chi connectivity index (χ2n) is 2.52. The van der Waals surface area contributed by atoms with Crippen molar-refractivity contribution in [3.05, 3.63) is 11.8 Å². The van der Waals surface area contributed by atoms with E-state index in [2.05, 4.69) is 0 Å². The van der Waals surface area contributed by atoms with Gasteiger partial charge in [-0.15, -0.1) is 5.76 Å². The summed E-state index contributed by atoms with van der Waals surface area (Å²) in [5, 5.41) is 10.7. The molecule has 0 aromatic carbocycles. The van der Waals surface area contributed by atoms with Crippen LogP contribution in [0.1, 0.15) is 12.8 Å². The Morgan fingerprint density at radius 3 is 2.33 bits per heavy atom. The summed E-state index contributed by atoms with van der Waals surface area (Å²) in [6.45, 7) is 0. The molecule has 0 saturated heterocycles. The number of ketones is 1. The van der Waals surface area contributed by atoms with E-state index in [0.717, 1.165) is 12.8 Å². The largest absolute Gasteiger partial charge is 1.00 e. The molecule has 0 unspecified atom stereocenters. The van der Waals surface area contributed by atoms with Crippen LogP contribution in [0.5, 0.6) is 0 Å². The fourth-order valence-corrected chi connectivity index (χ4v) is 0.689. The van der Waals surface area contributed by atoms with Crippen LogP contribution < -0.4 is 34.7 Å². The number of hydrogen-bond acceptors (Lipinski definition) is 2. The van der Waals surface area contributed by atoms with Gasteiger partial charge in [0.05, 0.1) is 0 Å². The first-order valence-corrected chi connectivity index (χ1v) is 3.32. The molecule has 0 heterocycles. The number of alkyl halides is 2. The third kappa shape index (κ3) is 3.65. The van der Waals surface area contributed by atoms with E-state index in [4.69, 9.17) is 0 Å². The minimum absolute atomic E-state index is 0. The Bertz CT molecular complexity index is 200. The number of allylic oxidation sites excluding steroid dienone is 2. The standard InChI is InChI=1S/C7H8F2O2.Na/c8-7(9)6(11)3-5(10)4-1-2-4;/h3-4,7,10H,1-2H2;/q;+1/p-1. The minimum atomic E-state index is -3.04. The quantitative estimate of drug-likeness (QED) is 0.276. The van der Waals surface area contributed by atoms with Crippen molar-refractivity contribution in [3.63, 3.8) is 0 Å². The van der Waals surface area contributed by atoms with Crippen molar-refractivity contribution in [2.24, 2.45) is 5.92 Å². The number of hydrogen-bond donors (Lipinski definition) is 0. The van der Waals surface area contributed by atoms with E-state index in [1.54, 1.807) is 0 Å². The maximum absolute atomic E-state index is 11.5. The SMILES string of the molecule is O=C(C=C([O-])C1CC1)C(F)F.[Na+]. The molecule has 62 valence electrons. The van der Waals surface area contributed by atoms with Crippen molar-refractivity contribution < 1.29 is 48.2 Å². The summed E-state index contributed by atoms with van der Waals surface area (Å²) in [6, 6.07) is 0. The van der Waals surface area contributed by atoms with Crippen molar-refractivity contribution in [1.29, 1.82) is 0 Å². The van der Waals surface area contributed by atoms with E-state index in [-0.39, 0.29) is 35.5 Å². The molecule has 0 aromatic heterocycles. The summed E-state index contributed by atoms with van der Waals surface area (Å²) >= 11 is 0. The molecule has 0 atom stereocenters. The number of carbonyl (C=O) groups is 1. The van der Waals surface area contributed by atoms with E-state index in [9.17, 15) is 18.7 Å². The van der Waals surface area contributed by atoms with Gasteiger partial charge in [0.1, 0.15) is 0 Å². The zero-order chi connectivity index (χ0) is 8.43. The van der Waals surface area contributed by atoms with Crippen molar-refractivity contribution in [3.8, 4) is 0 Å². The molecule has 12 heavy (non-hydrogen) atoms. The molecule has 1 rings (SSSR count). The van der Waals surface area contributed by atoms with Crippen LogP contribution in [0.4, 0.5) is 8.78 Å². The zero-order valence-corrected chi connectivity index (χ0v) is 8.72. The summed E-state index contributed by atoms with van der Waals surface area (Å²) in [6.07, 6.45) is -1.07. The zero-order valence-electron chi connectivity index (χ0n) is 6.72. The van der Waals surface area contributed by atoms with Gasteiger partial charge in [0, 0.05) is 0 Å². The first kappa shape index (κ1) is 12.1. The molecule has 5 heteroatoms. The van der Waals surface area contributed by atoms with Crippen molar-refractivity contribution in [2.75, 3.05) is 0 Å². The van der Waals surface area contributed by atoms with E-state index < -0.39 is 18.0 Å². The average molecular weight is 184 g/mol. The number of rotatable bonds is 3. The molecule has 2 nitrogen and oxygen atoms in total. The van der Waals surface area contributed by atoms with Gasteiger partial charge in [0.2, 0.25) is 5.78 Å². The topological polar surface area (TPSA) is 40.1 Å². The Balaban J connectivity index is 0.00000121. The molecule has 0 spiro atoms. The fraction of sp³-hybridized carbons (Fsp3) is 0.571. The summed E-state index contributed by atoms with van der Waals surface area (Å²) < 4.78 is 23.1. The summed E-state index contributed by atoms with van der Waals surface area (Å²) in [5.41, 5.74) is 0. The van der Waals surface area contributed by atoms with Crippen LogP contribution in [0.3, 0.4) is 0 Å². The van der Waals surface area contributed by atoms with E-state index >= 15 is 0 Å². The van der Waals surface area contributed by atoms with Gasteiger partial charge in [-0.05, 0) is 24.8 Å². The van der Waals surface area contributed by atoms with Crippen LogP contribution in [0.2, 0.25) is 0 Å². The van der Waals surface area contributed by atoms with Crippen molar-refractivity contribution >= 4 is 5.78 Å². The van der Waals surface area contributed by atoms with Crippen LogP contribution >= 0.6 is 0 Å². The van der Waals surface area contributed by atoms with Gasteiger partial charge < -0.3 is 5.11 Å². The molecule has 1 aliphatic carbocycles. The molecular weight excluding hydrogens is 177 g/mol. The van der Waals surface area contributed by atoms with E-state index in [1.807, 2.05) is 0 Å². The van der Waals surface area contributed by atoms with Gasteiger partial charge in [-0.25, -0.2) is 8.78 Å². The van der Waals surface area contributed by atoms with Crippen LogP contribution in [-0.4, -0.2) is 12.2 Å². The maximum Gasteiger partial charge on any atom is 1.00 e. The second kappa shape index (κ2) is 4.94. The monoisotopic (exact) mass is 184 g/mol. The predicted molar refractivity (Wildman–Crippen MR) is 31.8 cm³/mol. The molecule has 0 amide bonds. The van der Waals surface area contributed by atoms with Gasteiger partial charge in [-0.1, -0.05) is 0 Å². The molecule has 0 aromatic rings. The van der Waals surface area contributed by atoms with Gasteiger partial charge >= 0.3 is 29.6 Å². The third-order valence-electron chi connectivity index (χ3n) is 1.48. The maximum atomic E-state index is 11.5. The minimum Gasteiger partial charge on any atom is -0.875 e. The third-order valence-corrected chi connectivity index (χ3v) is 1.48. The average Bonchev–Trinajstić information content (AvgIpc) is 2.67. The molecule has 0 aliphatic heterocycles.